The second-order valence-electron chi connectivity index (χ2n) is 6.68. The molecule has 1 aromatic carbocycles. The van der Waals surface area contributed by atoms with Crippen LogP contribution in [0.15, 0.2) is 41.3 Å². The summed E-state index contributed by atoms with van der Waals surface area (Å²) >= 11 is 1.37. The number of H-pyrrole nitrogens is 2. The Labute approximate surface area is 157 Å². The fourth-order valence-corrected chi connectivity index (χ4v) is 4.44. The second-order valence-corrected chi connectivity index (χ2v) is 7.73. The van der Waals surface area contributed by atoms with Crippen molar-refractivity contribution in [3.8, 4) is 10.4 Å². The fraction of sp³-hybridized carbons (Fsp3) is 0.211. The molecule has 4 heterocycles. The highest BCUT2D eigenvalue weighted by Crippen LogP contribution is 2.31. The monoisotopic (exact) mass is 381 g/mol. The van der Waals surface area contributed by atoms with Gasteiger partial charge in [0.05, 0.1) is 24.0 Å². The van der Waals surface area contributed by atoms with E-state index in [1.54, 1.807) is 12.1 Å². The van der Waals surface area contributed by atoms with Crippen LogP contribution in [0.4, 0.5) is 4.39 Å². The lowest BCUT2D eigenvalue weighted by molar-refractivity contribution is 0.236. The van der Waals surface area contributed by atoms with Crippen LogP contribution < -0.4 is 5.56 Å². The lowest BCUT2D eigenvalue weighted by Gasteiger charge is -2.25. The lowest BCUT2D eigenvalue weighted by atomic mass is 10.1. The SMILES string of the molecule is O=c1[nH]c(CN2CCc3cn[nH]c3C2)nc2cc(-c3ccc(F)cc3)sc12. The Bertz CT molecular complexity index is 1180. The van der Waals surface area contributed by atoms with Gasteiger partial charge >= 0.3 is 0 Å². The lowest BCUT2D eigenvalue weighted by Crippen LogP contribution is -2.31. The molecule has 8 heteroatoms. The molecule has 2 N–H and O–H groups in total. The highest BCUT2D eigenvalue weighted by molar-refractivity contribution is 7.22. The van der Waals surface area contributed by atoms with Crippen molar-refractivity contribution in [3.05, 3.63) is 69.8 Å². The average Bonchev–Trinajstić information content (AvgIpc) is 3.29. The zero-order valence-electron chi connectivity index (χ0n) is 14.3. The molecule has 1 aliphatic heterocycles. The van der Waals surface area contributed by atoms with Crippen molar-refractivity contribution >= 4 is 21.6 Å². The Morgan fingerprint density at radius 3 is 2.96 bits per heavy atom. The molecular weight excluding hydrogens is 365 g/mol. The van der Waals surface area contributed by atoms with Gasteiger partial charge in [-0.25, -0.2) is 9.37 Å². The number of fused-ring (bicyclic) bond motifs is 2. The zero-order chi connectivity index (χ0) is 18.4. The third kappa shape index (κ3) is 3.07. The molecule has 0 bridgehead atoms. The number of hydrogen-bond donors (Lipinski definition) is 2. The summed E-state index contributed by atoms with van der Waals surface area (Å²) in [6.45, 7) is 2.24. The molecule has 0 saturated carbocycles. The third-order valence-electron chi connectivity index (χ3n) is 4.82. The summed E-state index contributed by atoms with van der Waals surface area (Å²) in [6, 6.07) is 8.16. The molecule has 0 spiro atoms. The molecule has 6 nitrogen and oxygen atoms in total. The predicted octanol–water partition coefficient (Wildman–Crippen LogP) is 3.07. The molecule has 1 aliphatic rings. The minimum atomic E-state index is -0.278. The van der Waals surface area contributed by atoms with Gasteiger partial charge in [-0.15, -0.1) is 11.3 Å². The molecule has 0 saturated heterocycles. The molecule has 0 fully saturated rings. The predicted molar refractivity (Wildman–Crippen MR) is 102 cm³/mol. The average molecular weight is 381 g/mol. The molecular formula is C19H16FN5OS. The van der Waals surface area contributed by atoms with Crippen LogP contribution in [0.5, 0.6) is 0 Å². The van der Waals surface area contributed by atoms with Crippen molar-refractivity contribution in [2.45, 2.75) is 19.5 Å². The first-order valence-corrected chi connectivity index (χ1v) is 9.49. The van der Waals surface area contributed by atoms with Gasteiger partial charge in [-0.2, -0.15) is 5.10 Å². The number of aromatic nitrogens is 4. The topological polar surface area (TPSA) is 77.7 Å². The van der Waals surface area contributed by atoms with Gasteiger partial charge in [-0.05, 0) is 35.7 Å². The maximum absolute atomic E-state index is 13.1. The molecule has 5 rings (SSSR count). The third-order valence-corrected chi connectivity index (χ3v) is 5.99. The van der Waals surface area contributed by atoms with Crippen LogP contribution in [0, 0.1) is 5.82 Å². The zero-order valence-corrected chi connectivity index (χ0v) is 15.1. The number of nitrogens with zero attached hydrogens (tertiary/aromatic N) is 3. The Balaban J connectivity index is 1.44. The summed E-state index contributed by atoms with van der Waals surface area (Å²) in [5.74, 6) is 0.374. The Kier molecular flexibility index (Phi) is 3.87. The van der Waals surface area contributed by atoms with Crippen LogP contribution in [0.2, 0.25) is 0 Å². The van der Waals surface area contributed by atoms with E-state index < -0.39 is 0 Å². The van der Waals surface area contributed by atoms with Crippen molar-refractivity contribution in [2.24, 2.45) is 0 Å². The van der Waals surface area contributed by atoms with E-state index in [9.17, 15) is 9.18 Å². The van der Waals surface area contributed by atoms with Gasteiger partial charge in [-0.1, -0.05) is 12.1 Å². The normalized spacial score (nSPS) is 14.6. The van der Waals surface area contributed by atoms with Crippen molar-refractivity contribution < 1.29 is 4.39 Å². The van der Waals surface area contributed by atoms with E-state index in [4.69, 9.17) is 0 Å². The van der Waals surface area contributed by atoms with Gasteiger partial charge < -0.3 is 4.98 Å². The van der Waals surface area contributed by atoms with E-state index in [-0.39, 0.29) is 11.4 Å². The van der Waals surface area contributed by atoms with E-state index in [2.05, 4.69) is 25.1 Å². The van der Waals surface area contributed by atoms with E-state index >= 15 is 0 Å². The first kappa shape index (κ1) is 16.3. The maximum atomic E-state index is 13.1. The van der Waals surface area contributed by atoms with Crippen molar-refractivity contribution in [3.63, 3.8) is 0 Å². The van der Waals surface area contributed by atoms with Gasteiger partial charge in [0.1, 0.15) is 16.3 Å². The summed E-state index contributed by atoms with van der Waals surface area (Å²) in [5.41, 5.74) is 3.80. The molecule has 27 heavy (non-hydrogen) atoms. The summed E-state index contributed by atoms with van der Waals surface area (Å²) < 4.78 is 13.7. The molecule has 0 radical (unpaired) electrons. The number of benzene rings is 1. The smallest absolute Gasteiger partial charge is 0.268 e. The summed E-state index contributed by atoms with van der Waals surface area (Å²) in [4.78, 5) is 23.2. The van der Waals surface area contributed by atoms with Crippen molar-refractivity contribution in [2.75, 3.05) is 6.54 Å². The van der Waals surface area contributed by atoms with E-state index in [1.807, 2.05) is 12.3 Å². The van der Waals surface area contributed by atoms with Crippen LogP contribution in [-0.4, -0.2) is 31.6 Å². The Hall–Kier alpha value is -2.84. The van der Waals surface area contributed by atoms with Gasteiger partial charge in [0.2, 0.25) is 0 Å². The van der Waals surface area contributed by atoms with E-state index in [0.717, 1.165) is 35.6 Å². The fourth-order valence-electron chi connectivity index (χ4n) is 3.44. The van der Waals surface area contributed by atoms with Gasteiger partial charge in [0.25, 0.3) is 5.56 Å². The number of thiophene rings is 1. The Morgan fingerprint density at radius 2 is 2.11 bits per heavy atom. The van der Waals surface area contributed by atoms with E-state index in [0.29, 0.717) is 22.6 Å². The van der Waals surface area contributed by atoms with E-state index in [1.165, 1.54) is 29.0 Å². The standard InChI is InChI=1S/C19H16FN5OS/c20-13-3-1-11(2-4-13)16-7-14-18(27-16)19(26)23-17(22-14)10-25-6-5-12-8-21-24-15(12)9-25/h1-4,7-8H,5-6,9-10H2,(H,21,24)(H,22,23,26). The second kappa shape index (κ2) is 6.40. The van der Waals surface area contributed by atoms with Gasteiger partial charge in [0.15, 0.2) is 0 Å². The Morgan fingerprint density at radius 1 is 1.26 bits per heavy atom. The van der Waals surface area contributed by atoms with Crippen LogP contribution >= 0.6 is 11.3 Å². The van der Waals surface area contributed by atoms with Gasteiger partial charge in [-0.3, -0.25) is 14.8 Å². The molecule has 136 valence electrons. The summed E-state index contributed by atoms with van der Waals surface area (Å²) in [5, 5.41) is 7.12. The summed E-state index contributed by atoms with van der Waals surface area (Å²) in [6.07, 6.45) is 2.81. The maximum Gasteiger partial charge on any atom is 0.268 e. The van der Waals surface area contributed by atoms with Crippen molar-refractivity contribution in [1.29, 1.82) is 0 Å². The number of aromatic amines is 2. The van der Waals surface area contributed by atoms with Crippen molar-refractivity contribution in [1.82, 2.24) is 25.1 Å². The van der Waals surface area contributed by atoms with Crippen LogP contribution in [-0.2, 0) is 19.5 Å². The van der Waals surface area contributed by atoms with Crippen LogP contribution in [0.25, 0.3) is 20.7 Å². The quantitative estimate of drug-likeness (QED) is 0.572. The number of rotatable bonds is 3. The number of hydrogen-bond acceptors (Lipinski definition) is 5. The van der Waals surface area contributed by atoms with Gasteiger partial charge in [0, 0.05) is 18.0 Å². The number of halogens is 1. The number of nitrogens with one attached hydrogen (secondary N) is 2. The minimum absolute atomic E-state index is 0.132. The first-order valence-electron chi connectivity index (χ1n) is 8.68. The molecule has 3 aromatic heterocycles. The first-order chi connectivity index (χ1) is 13.2. The highest BCUT2D eigenvalue weighted by Gasteiger charge is 2.19. The molecule has 4 aromatic rings. The minimum Gasteiger partial charge on any atom is -0.308 e. The molecule has 0 unspecified atom stereocenters. The summed E-state index contributed by atoms with van der Waals surface area (Å²) in [7, 11) is 0. The molecule has 0 aliphatic carbocycles. The van der Waals surface area contributed by atoms with Crippen LogP contribution in [0.1, 0.15) is 17.1 Å². The van der Waals surface area contributed by atoms with Crippen LogP contribution in [0.3, 0.4) is 0 Å². The highest BCUT2D eigenvalue weighted by atomic mass is 32.1. The molecule has 0 amide bonds. The molecule has 0 atom stereocenters. The largest absolute Gasteiger partial charge is 0.308 e.